The molecule has 166 valence electrons. The molecule has 0 aliphatic carbocycles. The predicted octanol–water partition coefficient (Wildman–Crippen LogP) is 8.73. The zero-order chi connectivity index (χ0) is 23.0. The van der Waals surface area contributed by atoms with Gasteiger partial charge in [-0.15, -0.1) is 0 Å². The number of fused-ring (bicyclic) bond motifs is 1. The molecule has 1 heteroatoms. The lowest BCUT2D eigenvalue weighted by molar-refractivity contribution is 0.624. The van der Waals surface area contributed by atoms with E-state index >= 15 is 0 Å². The van der Waals surface area contributed by atoms with Crippen LogP contribution in [0.25, 0.3) is 21.9 Å². The summed E-state index contributed by atoms with van der Waals surface area (Å²) in [6.45, 7) is 4.22. The van der Waals surface area contributed by atoms with E-state index in [0.717, 1.165) is 28.5 Å². The Bertz CT molecular complexity index is 1270. The minimum absolute atomic E-state index is 0.116. The van der Waals surface area contributed by atoms with Crippen LogP contribution in [0.15, 0.2) is 78.9 Å². The summed E-state index contributed by atoms with van der Waals surface area (Å²) in [4.78, 5) is 0. The maximum Gasteiger partial charge on any atom is 0.134 e. The highest BCUT2D eigenvalue weighted by Crippen LogP contribution is 2.23. The highest BCUT2D eigenvalue weighted by molar-refractivity contribution is 5.85. The fraction of sp³-hybridized carbons (Fsp3) is 0.250. The van der Waals surface area contributed by atoms with Gasteiger partial charge in [0.25, 0.3) is 0 Å². The first-order valence-corrected chi connectivity index (χ1v) is 12.1. The summed E-state index contributed by atoms with van der Waals surface area (Å²) in [5.74, 6) is 6.35. The van der Waals surface area contributed by atoms with Crippen molar-refractivity contribution in [1.82, 2.24) is 0 Å². The van der Waals surface area contributed by atoms with Gasteiger partial charge in [0.1, 0.15) is 5.82 Å². The zero-order valence-electron chi connectivity index (χ0n) is 19.6. The van der Waals surface area contributed by atoms with Crippen molar-refractivity contribution in [1.29, 1.82) is 0 Å². The molecule has 0 atom stereocenters. The van der Waals surface area contributed by atoms with E-state index in [2.05, 4.69) is 67.3 Å². The molecule has 4 rings (SSSR count). The number of aryl methyl sites for hydroxylation is 2. The van der Waals surface area contributed by atoms with E-state index in [4.69, 9.17) is 0 Å². The maximum atomic E-state index is 14.5. The number of halogens is 1. The van der Waals surface area contributed by atoms with E-state index in [9.17, 15) is 4.39 Å². The maximum absolute atomic E-state index is 14.5. The normalized spacial score (nSPS) is 10.8. The SMILES string of the molecule is CCCCCCc1ccc(-c2ccc(C#Cc3ccc4c(F)c(CC)ccc4c3)cc2)cc1. The summed E-state index contributed by atoms with van der Waals surface area (Å²) >= 11 is 0. The van der Waals surface area contributed by atoms with E-state index in [1.807, 2.05) is 37.3 Å². The molecule has 0 heterocycles. The lowest BCUT2D eigenvalue weighted by Gasteiger charge is -2.05. The first-order valence-electron chi connectivity index (χ1n) is 12.1. The minimum atomic E-state index is -0.116. The molecule has 0 bridgehead atoms. The van der Waals surface area contributed by atoms with Gasteiger partial charge in [0.05, 0.1) is 0 Å². The van der Waals surface area contributed by atoms with Crippen LogP contribution in [0.4, 0.5) is 4.39 Å². The van der Waals surface area contributed by atoms with E-state index in [1.165, 1.54) is 42.4 Å². The van der Waals surface area contributed by atoms with Crippen molar-refractivity contribution in [2.45, 2.75) is 52.4 Å². The standard InChI is InChI=1S/C32H31F/c1-3-5-6-7-8-24-11-16-28(17-12-24)29-18-13-25(14-19-29)9-10-26-15-22-31-30(23-26)21-20-27(4-2)32(31)33/h11-23H,3-8H2,1-2H3. The van der Waals surface area contributed by atoms with Crippen molar-refractivity contribution >= 4 is 10.8 Å². The van der Waals surface area contributed by atoms with Gasteiger partial charge >= 0.3 is 0 Å². The van der Waals surface area contributed by atoms with Crippen molar-refractivity contribution < 1.29 is 4.39 Å². The Morgan fingerprint density at radius 2 is 1.33 bits per heavy atom. The van der Waals surface area contributed by atoms with Crippen molar-refractivity contribution in [2.24, 2.45) is 0 Å². The smallest absolute Gasteiger partial charge is 0.134 e. The molecule has 4 aromatic carbocycles. The number of rotatable bonds is 7. The minimum Gasteiger partial charge on any atom is -0.206 e. The Labute approximate surface area is 197 Å². The molecule has 0 saturated heterocycles. The predicted molar refractivity (Wildman–Crippen MR) is 139 cm³/mol. The third kappa shape index (κ3) is 5.71. The number of unbranched alkanes of at least 4 members (excludes halogenated alkanes) is 3. The fourth-order valence-electron chi connectivity index (χ4n) is 4.20. The van der Waals surface area contributed by atoms with Crippen LogP contribution in [0.5, 0.6) is 0 Å². The Balaban J connectivity index is 1.44. The van der Waals surface area contributed by atoms with E-state index < -0.39 is 0 Å². The highest BCUT2D eigenvalue weighted by atomic mass is 19.1. The second-order valence-electron chi connectivity index (χ2n) is 8.66. The Morgan fingerprint density at radius 3 is 2.03 bits per heavy atom. The third-order valence-electron chi connectivity index (χ3n) is 6.26. The van der Waals surface area contributed by atoms with Crippen molar-refractivity contribution in [3.8, 4) is 23.0 Å². The number of hydrogen-bond acceptors (Lipinski definition) is 0. The second kappa shape index (κ2) is 11.0. The van der Waals surface area contributed by atoms with E-state index in [-0.39, 0.29) is 5.82 Å². The molecule has 0 spiro atoms. The van der Waals surface area contributed by atoms with Gasteiger partial charge in [-0.2, -0.15) is 0 Å². The number of benzene rings is 4. The zero-order valence-corrected chi connectivity index (χ0v) is 19.6. The van der Waals surface area contributed by atoms with Crippen LogP contribution < -0.4 is 0 Å². The highest BCUT2D eigenvalue weighted by Gasteiger charge is 2.06. The molecular formula is C32H31F. The van der Waals surface area contributed by atoms with E-state index in [0.29, 0.717) is 11.8 Å². The van der Waals surface area contributed by atoms with E-state index in [1.54, 1.807) is 0 Å². The van der Waals surface area contributed by atoms with Crippen LogP contribution in [0, 0.1) is 17.7 Å². The molecule has 33 heavy (non-hydrogen) atoms. The van der Waals surface area contributed by atoms with Gasteiger partial charge < -0.3 is 0 Å². The number of hydrogen-bond donors (Lipinski definition) is 0. The van der Waals surface area contributed by atoms with Gasteiger partial charge in [-0.05, 0) is 71.2 Å². The first kappa shape index (κ1) is 22.8. The molecule has 0 aliphatic rings. The lowest BCUT2D eigenvalue weighted by atomic mass is 10.00. The van der Waals surface area contributed by atoms with Crippen LogP contribution in [0.1, 0.15) is 61.8 Å². The van der Waals surface area contributed by atoms with Crippen LogP contribution in [-0.2, 0) is 12.8 Å². The van der Waals surface area contributed by atoms with Crippen molar-refractivity contribution in [3.63, 3.8) is 0 Å². The Hall–Kier alpha value is -3.37. The molecule has 0 unspecified atom stereocenters. The summed E-state index contributed by atoms with van der Waals surface area (Å²) in [5.41, 5.74) is 6.46. The van der Waals surface area contributed by atoms with Crippen LogP contribution in [0.3, 0.4) is 0 Å². The summed E-state index contributed by atoms with van der Waals surface area (Å²) in [5, 5.41) is 1.55. The average Bonchev–Trinajstić information content (AvgIpc) is 2.86. The molecule has 0 saturated carbocycles. The topological polar surface area (TPSA) is 0 Å². The second-order valence-corrected chi connectivity index (χ2v) is 8.66. The largest absolute Gasteiger partial charge is 0.206 e. The summed E-state index contributed by atoms with van der Waals surface area (Å²) < 4.78 is 14.5. The molecule has 0 radical (unpaired) electrons. The fourth-order valence-corrected chi connectivity index (χ4v) is 4.20. The van der Waals surface area contributed by atoms with Crippen LogP contribution in [0.2, 0.25) is 0 Å². The molecule has 4 aromatic rings. The molecule has 0 aromatic heterocycles. The Morgan fingerprint density at radius 1 is 0.667 bits per heavy atom. The van der Waals surface area contributed by atoms with Crippen LogP contribution >= 0.6 is 0 Å². The molecule has 0 N–H and O–H groups in total. The van der Waals surface area contributed by atoms with Gasteiger partial charge in [0.2, 0.25) is 0 Å². The van der Waals surface area contributed by atoms with Gasteiger partial charge in [0.15, 0.2) is 0 Å². The van der Waals surface area contributed by atoms with Gasteiger partial charge in [-0.25, -0.2) is 4.39 Å². The molecular weight excluding hydrogens is 403 g/mol. The van der Waals surface area contributed by atoms with Crippen molar-refractivity contribution in [3.05, 3.63) is 107 Å². The third-order valence-corrected chi connectivity index (χ3v) is 6.26. The van der Waals surface area contributed by atoms with Gasteiger partial charge in [-0.1, -0.05) is 99.5 Å². The summed E-state index contributed by atoms with van der Waals surface area (Å²) in [7, 11) is 0. The van der Waals surface area contributed by atoms with Gasteiger partial charge in [-0.3, -0.25) is 0 Å². The van der Waals surface area contributed by atoms with Gasteiger partial charge in [0, 0.05) is 16.5 Å². The van der Waals surface area contributed by atoms with Crippen LogP contribution in [-0.4, -0.2) is 0 Å². The van der Waals surface area contributed by atoms with Crippen molar-refractivity contribution in [2.75, 3.05) is 0 Å². The summed E-state index contributed by atoms with van der Waals surface area (Å²) in [6, 6.07) is 26.9. The monoisotopic (exact) mass is 434 g/mol. The first-order chi connectivity index (χ1) is 16.2. The lowest BCUT2D eigenvalue weighted by Crippen LogP contribution is -1.89. The average molecular weight is 435 g/mol. The molecule has 0 amide bonds. The molecule has 0 nitrogen and oxygen atoms in total. The molecule has 0 aliphatic heterocycles. The summed E-state index contributed by atoms with van der Waals surface area (Å²) in [6.07, 6.45) is 7.05. The Kier molecular flexibility index (Phi) is 7.59. The molecule has 0 fully saturated rings. The quantitative estimate of drug-likeness (QED) is 0.201.